The van der Waals surface area contributed by atoms with E-state index < -0.39 is 0 Å². The van der Waals surface area contributed by atoms with Crippen molar-refractivity contribution in [3.05, 3.63) is 29.6 Å². The number of hydrogen-bond donors (Lipinski definition) is 1. The highest BCUT2D eigenvalue weighted by molar-refractivity contribution is 5.97. The summed E-state index contributed by atoms with van der Waals surface area (Å²) >= 11 is 0. The molecule has 1 aromatic carbocycles. The Hall–Kier alpha value is -1.13. The van der Waals surface area contributed by atoms with E-state index >= 15 is 0 Å². The van der Waals surface area contributed by atoms with Gasteiger partial charge in [0.15, 0.2) is 0 Å². The van der Waals surface area contributed by atoms with Gasteiger partial charge in [0.05, 0.1) is 5.92 Å². The van der Waals surface area contributed by atoms with Crippen LogP contribution in [0.5, 0.6) is 0 Å². The van der Waals surface area contributed by atoms with Crippen LogP contribution in [0, 0.1) is 11.7 Å². The van der Waals surface area contributed by atoms with Gasteiger partial charge in [0.2, 0.25) is 5.91 Å². The van der Waals surface area contributed by atoms with Gasteiger partial charge in [0.1, 0.15) is 5.82 Å². The SMILES string of the molecule is CC(N)C(C)C(=O)N1CCc2ccc(F)cc21.Cl. The second-order valence-electron chi connectivity index (χ2n) is 4.66. The summed E-state index contributed by atoms with van der Waals surface area (Å²) in [5.41, 5.74) is 7.45. The molecule has 5 heteroatoms. The molecule has 0 radical (unpaired) electrons. The first-order valence-corrected chi connectivity index (χ1v) is 5.86. The first-order valence-electron chi connectivity index (χ1n) is 5.86. The van der Waals surface area contributed by atoms with Crippen LogP contribution in [-0.2, 0) is 11.2 Å². The van der Waals surface area contributed by atoms with Gasteiger partial charge < -0.3 is 10.6 Å². The molecule has 2 rings (SSSR count). The van der Waals surface area contributed by atoms with Gasteiger partial charge in [0, 0.05) is 18.3 Å². The highest BCUT2D eigenvalue weighted by Gasteiger charge is 2.29. The highest BCUT2D eigenvalue weighted by atomic mass is 35.5. The van der Waals surface area contributed by atoms with Crippen molar-refractivity contribution in [2.45, 2.75) is 26.3 Å². The molecule has 1 aliphatic rings. The van der Waals surface area contributed by atoms with Crippen molar-refractivity contribution in [1.29, 1.82) is 0 Å². The topological polar surface area (TPSA) is 46.3 Å². The maximum atomic E-state index is 13.2. The van der Waals surface area contributed by atoms with Gasteiger partial charge in [-0.2, -0.15) is 0 Å². The molecule has 2 atom stereocenters. The molecule has 0 spiro atoms. The first-order chi connectivity index (χ1) is 8.00. The zero-order valence-corrected chi connectivity index (χ0v) is 11.3. The van der Waals surface area contributed by atoms with Crippen LogP contribution in [0.25, 0.3) is 0 Å². The lowest BCUT2D eigenvalue weighted by Gasteiger charge is -2.23. The molecule has 1 aliphatic heterocycles. The average molecular weight is 273 g/mol. The molecular formula is C13H18ClFN2O. The summed E-state index contributed by atoms with van der Waals surface area (Å²) < 4.78 is 13.2. The molecule has 18 heavy (non-hydrogen) atoms. The second kappa shape index (κ2) is 5.67. The van der Waals surface area contributed by atoms with Crippen LogP contribution in [0.1, 0.15) is 19.4 Å². The van der Waals surface area contributed by atoms with Crippen LogP contribution in [0.15, 0.2) is 18.2 Å². The fraction of sp³-hybridized carbons (Fsp3) is 0.462. The number of carbonyl (C=O) groups is 1. The Morgan fingerprint density at radius 2 is 2.11 bits per heavy atom. The third kappa shape index (κ3) is 2.65. The molecule has 2 N–H and O–H groups in total. The third-order valence-electron chi connectivity index (χ3n) is 3.39. The maximum absolute atomic E-state index is 13.2. The van der Waals surface area contributed by atoms with Crippen molar-refractivity contribution in [2.24, 2.45) is 11.7 Å². The number of halogens is 2. The van der Waals surface area contributed by atoms with Crippen LogP contribution in [0.4, 0.5) is 10.1 Å². The van der Waals surface area contributed by atoms with Gasteiger partial charge in [-0.15, -0.1) is 12.4 Å². The number of carbonyl (C=O) groups excluding carboxylic acids is 1. The number of nitrogens with two attached hydrogens (primary N) is 1. The number of amides is 1. The second-order valence-corrected chi connectivity index (χ2v) is 4.66. The Balaban J connectivity index is 0.00000162. The molecule has 1 heterocycles. The maximum Gasteiger partial charge on any atom is 0.231 e. The molecule has 1 amide bonds. The minimum atomic E-state index is -0.308. The standard InChI is InChI=1S/C13H17FN2O.ClH/c1-8(9(2)15)13(17)16-6-5-10-3-4-11(14)7-12(10)16;/h3-4,7-9H,5-6,15H2,1-2H3;1H. The number of benzene rings is 1. The van der Waals surface area contributed by atoms with Crippen LogP contribution < -0.4 is 10.6 Å². The third-order valence-corrected chi connectivity index (χ3v) is 3.39. The van der Waals surface area contributed by atoms with Gasteiger partial charge in [-0.05, 0) is 31.0 Å². The fourth-order valence-electron chi connectivity index (χ4n) is 2.05. The van der Waals surface area contributed by atoms with E-state index in [1.807, 2.05) is 13.8 Å². The molecule has 1 aromatic rings. The summed E-state index contributed by atoms with van der Waals surface area (Å²) in [5, 5.41) is 0. The molecule has 0 saturated heterocycles. The molecule has 0 saturated carbocycles. The van der Waals surface area contributed by atoms with E-state index in [0.717, 1.165) is 12.0 Å². The normalized spacial score (nSPS) is 16.8. The van der Waals surface area contributed by atoms with Crippen LogP contribution in [0.3, 0.4) is 0 Å². The number of hydrogen-bond acceptors (Lipinski definition) is 2. The summed E-state index contributed by atoms with van der Waals surface area (Å²) in [4.78, 5) is 13.8. The van der Waals surface area contributed by atoms with Gasteiger partial charge >= 0.3 is 0 Å². The Labute approximate surface area is 113 Å². The highest BCUT2D eigenvalue weighted by Crippen LogP contribution is 2.30. The van der Waals surface area contributed by atoms with Crippen molar-refractivity contribution >= 4 is 24.0 Å². The van der Waals surface area contributed by atoms with Crippen molar-refractivity contribution in [2.75, 3.05) is 11.4 Å². The molecule has 2 unspecified atom stereocenters. The molecule has 100 valence electrons. The molecule has 3 nitrogen and oxygen atoms in total. The lowest BCUT2D eigenvalue weighted by Crippen LogP contribution is -2.41. The minimum Gasteiger partial charge on any atom is -0.327 e. The summed E-state index contributed by atoms with van der Waals surface area (Å²) in [6, 6.07) is 4.41. The van der Waals surface area contributed by atoms with E-state index in [2.05, 4.69) is 0 Å². The number of anilines is 1. The van der Waals surface area contributed by atoms with E-state index in [4.69, 9.17) is 5.73 Å². The smallest absolute Gasteiger partial charge is 0.231 e. The Kier molecular flexibility index (Phi) is 4.71. The minimum absolute atomic E-state index is 0. The molecule has 0 aliphatic carbocycles. The average Bonchev–Trinajstić information content (AvgIpc) is 2.69. The molecule has 0 fully saturated rings. The van der Waals surface area contributed by atoms with Gasteiger partial charge in [0.25, 0.3) is 0 Å². The Morgan fingerprint density at radius 3 is 2.72 bits per heavy atom. The summed E-state index contributed by atoms with van der Waals surface area (Å²) in [6.07, 6.45) is 0.785. The summed E-state index contributed by atoms with van der Waals surface area (Å²) in [7, 11) is 0. The zero-order chi connectivity index (χ0) is 12.6. The number of rotatable bonds is 2. The predicted molar refractivity (Wildman–Crippen MR) is 72.5 cm³/mol. The monoisotopic (exact) mass is 272 g/mol. The summed E-state index contributed by atoms with van der Waals surface area (Å²) in [5.74, 6) is -0.578. The van der Waals surface area contributed by atoms with E-state index in [1.165, 1.54) is 12.1 Å². The van der Waals surface area contributed by atoms with E-state index in [-0.39, 0.29) is 36.1 Å². The zero-order valence-electron chi connectivity index (χ0n) is 10.5. The van der Waals surface area contributed by atoms with Crippen molar-refractivity contribution in [1.82, 2.24) is 0 Å². The molecular weight excluding hydrogens is 255 g/mol. The van der Waals surface area contributed by atoms with Gasteiger partial charge in [-0.25, -0.2) is 4.39 Å². The number of nitrogens with zero attached hydrogens (tertiary/aromatic N) is 1. The lowest BCUT2D eigenvalue weighted by atomic mass is 10.0. The van der Waals surface area contributed by atoms with Crippen LogP contribution in [0.2, 0.25) is 0 Å². The van der Waals surface area contributed by atoms with Crippen molar-refractivity contribution < 1.29 is 9.18 Å². The van der Waals surface area contributed by atoms with Crippen LogP contribution in [-0.4, -0.2) is 18.5 Å². The fourth-order valence-corrected chi connectivity index (χ4v) is 2.05. The van der Waals surface area contributed by atoms with Gasteiger partial charge in [-0.1, -0.05) is 13.0 Å². The van der Waals surface area contributed by atoms with E-state index in [1.54, 1.807) is 11.0 Å². The van der Waals surface area contributed by atoms with E-state index in [9.17, 15) is 9.18 Å². The quantitative estimate of drug-likeness (QED) is 0.896. The molecule has 0 aromatic heterocycles. The summed E-state index contributed by atoms with van der Waals surface area (Å²) in [6.45, 7) is 4.24. The Bertz CT molecular complexity index is 451. The van der Waals surface area contributed by atoms with Crippen molar-refractivity contribution in [3.8, 4) is 0 Å². The lowest BCUT2D eigenvalue weighted by molar-refractivity contribution is -0.122. The number of fused-ring (bicyclic) bond motifs is 1. The molecule has 0 bridgehead atoms. The largest absolute Gasteiger partial charge is 0.327 e. The van der Waals surface area contributed by atoms with Crippen molar-refractivity contribution in [3.63, 3.8) is 0 Å². The van der Waals surface area contributed by atoms with E-state index in [0.29, 0.717) is 12.2 Å². The van der Waals surface area contributed by atoms with Gasteiger partial charge in [-0.3, -0.25) is 4.79 Å². The Morgan fingerprint density at radius 1 is 1.44 bits per heavy atom. The van der Waals surface area contributed by atoms with Crippen LogP contribution >= 0.6 is 12.4 Å². The first kappa shape index (κ1) is 14.9. The predicted octanol–water partition coefficient (Wildman–Crippen LogP) is 2.12.